The van der Waals surface area contributed by atoms with Crippen molar-refractivity contribution >= 4 is 17.4 Å². The van der Waals surface area contributed by atoms with Crippen LogP contribution in [-0.2, 0) is 6.54 Å². The Morgan fingerprint density at radius 3 is 2.50 bits per heavy atom. The van der Waals surface area contributed by atoms with Gasteiger partial charge in [0.1, 0.15) is 0 Å². The topological polar surface area (TPSA) is 40.7 Å². The third kappa shape index (κ3) is 3.99. The van der Waals surface area contributed by atoms with E-state index < -0.39 is 5.51 Å². The molecule has 0 bridgehead atoms. The van der Waals surface area contributed by atoms with E-state index in [2.05, 4.69) is 15.5 Å². The number of hydrogen-bond acceptors (Lipinski definition) is 3. The maximum Gasteiger partial charge on any atom is 0.446 e. The van der Waals surface area contributed by atoms with Gasteiger partial charge in [-0.1, -0.05) is 12.1 Å². The standard InChI is InChI=1S/C11H10F3N3S/c12-11(13,14)18-10-3-1-8(2-4-10)5-15-9-6-16-17-7-9/h1-4,6-7,15H,5H2,(H,16,17). The number of nitrogens with zero attached hydrogens (tertiary/aromatic N) is 1. The van der Waals surface area contributed by atoms with Crippen molar-refractivity contribution in [2.45, 2.75) is 16.9 Å². The molecule has 2 rings (SSSR count). The SMILES string of the molecule is FC(F)(F)Sc1ccc(CNc2cn[nH]c2)cc1. The number of aromatic nitrogens is 2. The maximum absolute atomic E-state index is 12.1. The van der Waals surface area contributed by atoms with Gasteiger partial charge >= 0.3 is 5.51 Å². The first-order chi connectivity index (χ1) is 8.53. The highest BCUT2D eigenvalue weighted by Gasteiger charge is 2.28. The maximum atomic E-state index is 12.1. The van der Waals surface area contributed by atoms with Gasteiger partial charge in [0.05, 0.1) is 11.9 Å². The molecular weight excluding hydrogens is 263 g/mol. The monoisotopic (exact) mass is 273 g/mol. The van der Waals surface area contributed by atoms with Crippen molar-refractivity contribution in [2.75, 3.05) is 5.32 Å². The summed E-state index contributed by atoms with van der Waals surface area (Å²) in [5.41, 5.74) is -2.50. The number of thioether (sulfide) groups is 1. The quantitative estimate of drug-likeness (QED) is 0.836. The summed E-state index contributed by atoms with van der Waals surface area (Å²) in [6.07, 6.45) is 3.34. The van der Waals surface area contributed by atoms with Gasteiger partial charge in [-0.2, -0.15) is 18.3 Å². The molecule has 2 aromatic rings. The molecule has 1 heterocycles. The van der Waals surface area contributed by atoms with Crippen molar-refractivity contribution in [1.82, 2.24) is 10.2 Å². The third-order valence-electron chi connectivity index (χ3n) is 2.15. The predicted octanol–water partition coefficient (Wildman–Crippen LogP) is 3.63. The molecule has 0 amide bonds. The van der Waals surface area contributed by atoms with Crippen LogP contribution in [0.4, 0.5) is 18.9 Å². The zero-order chi connectivity index (χ0) is 13.0. The molecule has 7 heteroatoms. The molecule has 0 saturated carbocycles. The van der Waals surface area contributed by atoms with E-state index in [1.807, 2.05) is 0 Å². The molecule has 0 saturated heterocycles. The van der Waals surface area contributed by atoms with Crippen LogP contribution in [0.1, 0.15) is 5.56 Å². The minimum atomic E-state index is -4.24. The zero-order valence-electron chi connectivity index (χ0n) is 9.16. The number of anilines is 1. The van der Waals surface area contributed by atoms with Crippen molar-refractivity contribution in [3.63, 3.8) is 0 Å². The second kappa shape index (κ2) is 5.34. The Hall–Kier alpha value is -1.63. The summed E-state index contributed by atoms with van der Waals surface area (Å²) < 4.78 is 36.3. The van der Waals surface area contributed by atoms with E-state index in [-0.39, 0.29) is 16.7 Å². The fourth-order valence-corrected chi connectivity index (χ4v) is 1.90. The first kappa shape index (κ1) is 12.8. The number of H-pyrrole nitrogens is 1. The Kier molecular flexibility index (Phi) is 3.81. The molecule has 1 aromatic carbocycles. The molecule has 0 aliphatic rings. The lowest BCUT2D eigenvalue weighted by Crippen LogP contribution is -2.00. The Morgan fingerprint density at radius 1 is 1.22 bits per heavy atom. The van der Waals surface area contributed by atoms with Gasteiger partial charge in [0, 0.05) is 17.6 Å². The van der Waals surface area contributed by atoms with Crippen molar-refractivity contribution in [3.05, 3.63) is 42.2 Å². The van der Waals surface area contributed by atoms with Gasteiger partial charge in [-0.3, -0.25) is 5.10 Å². The highest BCUT2D eigenvalue weighted by Crippen LogP contribution is 2.36. The fraction of sp³-hybridized carbons (Fsp3) is 0.182. The molecule has 1 aromatic heterocycles. The number of benzene rings is 1. The van der Waals surface area contributed by atoms with Gasteiger partial charge in [0.25, 0.3) is 0 Å². The van der Waals surface area contributed by atoms with Crippen molar-refractivity contribution in [2.24, 2.45) is 0 Å². The van der Waals surface area contributed by atoms with Gasteiger partial charge in [0.15, 0.2) is 0 Å². The number of hydrogen-bond donors (Lipinski definition) is 2. The molecule has 18 heavy (non-hydrogen) atoms. The lowest BCUT2D eigenvalue weighted by atomic mass is 10.2. The van der Waals surface area contributed by atoms with E-state index in [9.17, 15) is 13.2 Å². The molecule has 0 radical (unpaired) electrons. The predicted molar refractivity (Wildman–Crippen MR) is 64.3 cm³/mol. The van der Waals surface area contributed by atoms with E-state index in [1.54, 1.807) is 24.5 Å². The Balaban J connectivity index is 1.91. The number of nitrogens with one attached hydrogen (secondary N) is 2. The number of alkyl halides is 3. The summed E-state index contributed by atoms with van der Waals surface area (Å²) in [5.74, 6) is 0. The van der Waals surface area contributed by atoms with Crippen LogP contribution in [0.3, 0.4) is 0 Å². The van der Waals surface area contributed by atoms with Crippen LogP contribution < -0.4 is 5.32 Å². The molecule has 2 N–H and O–H groups in total. The lowest BCUT2D eigenvalue weighted by Gasteiger charge is -2.07. The van der Waals surface area contributed by atoms with Crippen LogP contribution in [0.5, 0.6) is 0 Å². The Morgan fingerprint density at radius 2 is 1.94 bits per heavy atom. The summed E-state index contributed by atoms with van der Waals surface area (Å²) in [4.78, 5) is 0.189. The van der Waals surface area contributed by atoms with Crippen LogP contribution in [-0.4, -0.2) is 15.7 Å². The highest BCUT2D eigenvalue weighted by molar-refractivity contribution is 8.00. The van der Waals surface area contributed by atoms with Gasteiger partial charge in [0.2, 0.25) is 0 Å². The molecule has 0 spiro atoms. The van der Waals surface area contributed by atoms with E-state index in [0.717, 1.165) is 11.3 Å². The Labute approximate surface area is 106 Å². The molecule has 0 atom stereocenters. The summed E-state index contributed by atoms with van der Waals surface area (Å²) in [6.45, 7) is 0.538. The van der Waals surface area contributed by atoms with E-state index in [4.69, 9.17) is 0 Å². The normalized spacial score (nSPS) is 11.5. The van der Waals surface area contributed by atoms with Crippen LogP contribution in [0, 0.1) is 0 Å². The molecular formula is C11H10F3N3S. The van der Waals surface area contributed by atoms with Gasteiger partial charge < -0.3 is 5.32 Å². The van der Waals surface area contributed by atoms with Crippen LogP contribution >= 0.6 is 11.8 Å². The zero-order valence-corrected chi connectivity index (χ0v) is 9.98. The van der Waals surface area contributed by atoms with Crippen molar-refractivity contribution in [1.29, 1.82) is 0 Å². The second-order valence-electron chi connectivity index (χ2n) is 3.53. The smallest absolute Gasteiger partial charge is 0.378 e. The highest BCUT2D eigenvalue weighted by atomic mass is 32.2. The fourth-order valence-electron chi connectivity index (χ4n) is 1.36. The van der Waals surface area contributed by atoms with Crippen LogP contribution in [0.15, 0.2) is 41.6 Å². The largest absolute Gasteiger partial charge is 0.446 e. The summed E-state index contributed by atoms with van der Waals surface area (Å²) in [7, 11) is 0. The molecule has 0 aliphatic heterocycles. The summed E-state index contributed by atoms with van der Waals surface area (Å²) >= 11 is -0.110. The lowest BCUT2D eigenvalue weighted by molar-refractivity contribution is -0.0328. The minimum absolute atomic E-state index is 0.110. The molecule has 0 aliphatic carbocycles. The minimum Gasteiger partial charge on any atom is -0.378 e. The van der Waals surface area contributed by atoms with Crippen LogP contribution in [0.25, 0.3) is 0 Å². The summed E-state index contributed by atoms with van der Waals surface area (Å²) in [5, 5.41) is 9.52. The number of halogens is 3. The average Bonchev–Trinajstić information content (AvgIpc) is 2.79. The van der Waals surface area contributed by atoms with Crippen molar-refractivity contribution in [3.8, 4) is 0 Å². The molecule has 96 valence electrons. The van der Waals surface area contributed by atoms with Gasteiger partial charge in [-0.05, 0) is 29.5 Å². The third-order valence-corrected chi connectivity index (χ3v) is 2.89. The average molecular weight is 273 g/mol. The summed E-state index contributed by atoms with van der Waals surface area (Å²) in [6, 6.07) is 6.26. The number of aromatic amines is 1. The van der Waals surface area contributed by atoms with E-state index >= 15 is 0 Å². The molecule has 0 fully saturated rings. The van der Waals surface area contributed by atoms with E-state index in [1.165, 1.54) is 12.1 Å². The van der Waals surface area contributed by atoms with Crippen LogP contribution in [0.2, 0.25) is 0 Å². The number of rotatable bonds is 4. The van der Waals surface area contributed by atoms with Crippen molar-refractivity contribution < 1.29 is 13.2 Å². The first-order valence-electron chi connectivity index (χ1n) is 5.10. The second-order valence-corrected chi connectivity index (χ2v) is 4.67. The Bertz CT molecular complexity index is 479. The van der Waals surface area contributed by atoms with E-state index in [0.29, 0.717) is 6.54 Å². The first-order valence-corrected chi connectivity index (χ1v) is 5.92. The molecule has 3 nitrogen and oxygen atoms in total. The van der Waals surface area contributed by atoms with Gasteiger partial charge in [-0.15, -0.1) is 0 Å². The molecule has 0 unspecified atom stereocenters. The van der Waals surface area contributed by atoms with Gasteiger partial charge in [-0.25, -0.2) is 0 Å².